The highest BCUT2D eigenvalue weighted by molar-refractivity contribution is 5.77. The summed E-state index contributed by atoms with van der Waals surface area (Å²) in [5, 5.41) is 19.2. The molecular formula is C19H20N8O2. The van der Waals surface area contributed by atoms with Gasteiger partial charge in [0.05, 0.1) is 48.8 Å². The predicted molar refractivity (Wildman–Crippen MR) is 105 cm³/mol. The van der Waals surface area contributed by atoms with Crippen molar-refractivity contribution >= 4 is 11.6 Å². The standard InChI is InChI=1S/C19H20N8O2/c1-11(5-20)10-29-15-8-23-13-2-3-28-19(13)18(15)14-4-16(27-26-14)25-17-9-22-12(6-21)7-24-17/h4,7-9,11H,2-3,5,10,20H2,1H3,(H2,24,25,26,27)/t11-/m0/s1. The van der Waals surface area contributed by atoms with E-state index in [-0.39, 0.29) is 11.6 Å². The van der Waals surface area contributed by atoms with Crippen LogP contribution in [-0.2, 0) is 6.42 Å². The number of rotatable bonds is 7. The minimum Gasteiger partial charge on any atom is -0.491 e. The van der Waals surface area contributed by atoms with Crippen LogP contribution in [0.5, 0.6) is 11.5 Å². The average Bonchev–Trinajstić information content (AvgIpc) is 3.41. The normalized spacial score (nSPS) is 13.3. The van der Waals surface area contributed by atoms with Crippen molar-refractivity contribution in [3.8, 4) is 28.8 Å². The molecule has 0 spiro atoms. The van der Waals surface area contributed by atoms with E-state index < -0.39 is 0 Å². The number of aromatic nitrogens is 5. The first-order chi connectivity index (χ1) is 14.2. The van der Waals surface area contributed by atoms with E-state index in [1.165, 1.54) is 12.4 Å². The van der Waals surface area contributed by atoms with Crippen LogP contribution < -0.4 is 20.5 Å². The van der Waals surface area contributed by atoms with Crippen LogP contribution in [0.15, 0.2) is 24.7 Å². The van der Waals surface area contributed by atoms with E-state index in [0.29, 0.717) is 42.9 Å². The van der Waals surface area contributed by atoms with Gasteiger partial charge in [-0.1, -0.05) is 6.92 Å². The van der Waals surface area contributed by atoms with Gasteiger partial charge in [-0.05, 0) is 6.54 Å². The molecule has 0 radical (unpaired) electrons. The molecule has 0 saturated carbocycles. The lowest BCUT2D eigenvalue weighted by Crippen LogP contribution is -2.18. The number of pyridine rings is 1. The van der Waals surface area contributed by atoms with E-state index in [4.69, 9.17) is 20.5 Å². The second-order valence-corrected chi connectivity index (χ2v) is 6.71. The number of nitrogens with zero attached hydrogens (tertiary/aromatic N) is 5. The molecular weight excluding hydrogens is 372 g/mol. The second-order valence-electron chi connectivity index (χ2n) is 6.71. The third-order valence-corrected chi connectivity index (χ3v) is 4.45. The Kier molecular flexibility index (Phi) is 5.22. The summed E-state index contributed by atoms with van der Waals surface area (Å²) in [6.45, 7) is 3.61. The summed E-state index contributed by atoms with van der Waals surface area (Å²) in [5.74, 6) is 2.55. The van der Waals surface area contributed by atoms with Gasteiger partial charge in [0.25, 0.3) is 0 Å². The van der Waals surface area contributed by atoms with E-state index in [1.54, 1.807) is 6.20 Å². The van der Waals surface area contributed by atoms with Crippen LogP contribution >= 0.6 is 0 Å². The van der Waals surface area contributed by atoms with Crippen molar-refractivity contribution in [3.63, 3.8) is 0 Å². The zero-order valence-corrected chi connectivity index (χ0v) is 15.8. The largest absolute Gasteiger partial charge is 0.491 e. The first-order valence-electron chi connectivity index (χ1n) is 9.20. The van der Waals surface area contributed by atoms with Crippen molar-refractivity contribution in [1.29, 1.82) is 5.26 Å². The van der Waals surface area contributed by atoms with Gasteiger partial charge in [0.2, 0.25) is 0 Å². The third-order valence-electron chi connectivity index (χ3n) is 4.45. The fourth-order valence-electron chi connectivity index (χ4n) is 2.86. The summed E-state index contributed by atoms with van der Waals surface area (Å²) in [7, 11) is 0. The van der Waals surface area contributed by atoms with Crippen molar-refractivity contribution in [2.24, 2.45) is 11.7 Å². The quantitative estimate of drug-likeness (QED) is 0.547. The highest BCUT2D eigenvalue weighted by Crippen LogP contribution is 2.42. The maximum absolute atomic E-state index is 8.82. The Bertz CT molecular complexity index is 1040. The first-order valence-corrected chi connectivity index (χ1v) is 9.20. The Morgan fingerprint density at radius 1 is 1.31 bits per heavy atom. The van der Waals surface area contributed by atoms with Crippen molar-refractivity contribution < 1.29 is 9.47 Å². The van der Waals surface area contributed by atoms with Crippen LogP contribution in [0, 0.1) is 17.2 Å². The predicted octanol–water partition coefficient (Wildman–Crippen LogP) is 1.79. The van der Waals surface area contributed by atoms with Crippen LogP contribution in [0.1, 0.15) is 18.3 Å². The van der Waals surface area contributed by atoms with Gasteiger partial charge < -0.3 is 20.5 Å². The van der Waals surface area contributed by atoms with E-state index in [0.717, 1.165) is 23.4 Å². The molecule has 0 aliphatic carbocycles. The van der Waals surface area contributed by atoms with Gasteiger partial charge >= 0.3 is 0 Å². The van der Waals surface area contributed by atoms with Gasteiger partial charge in [-0.3, -0.25) is 10.1 Å². The van der Waals surface area contributed by atoms with Gasteiger partial charge in [-0.15, -0.1) is 0 Å². The highest BCUT2D eigenvalue weighted by Gasteiger charge is 2.25. The fourth-order valence-corrected chi connectivity index (χ4v) is 2.86. The van der Waals surface area contributed by atoms with E-state index in [1.807, 2.05) is 19.1 Å². The zero-order valence-electron chi connectivity index (χ0n) is 15.8. The molecule has 0 fully saturated rings. The number of anilines is 2. The molecule has 0 amide bonds. The molecule has 0 saturated heterocycles. The Morgan fingerprint density at radius 3 is 2.97 bits per heavy atom. The zero-order chi connectivity index (χ0) is 20.2. The number of nitriles is 1. The summed E-state index contributed by atoms with van der Waals surface area (Å²) < 4.78 is 11.8. The minimum absolute atomic E-state index is 0.214. The van der Waals surface area contributed by atoms with Crippen LogP contribution in [0.3, 0.4) is 0 Å². The van der Waals surface area contributed by atoms with E-state index >= 15 is 0 Å². The summed E-state index contributed by atoms with van der Waals surface area (Å²) in [6.07, 6.45) is 5.33. The van der Waals surface area contributed by atoms with Crippen LogP contribution in [-0.4, -0.2) is 44.9 Å². The molecule has 4 N–H and O–H groups in total. The van der Waals surface area contributed by atoms with Crippen molar-refractivity contribution in [1.82, 2.24) is 25.1 Å². The fraction of sp³-hybridized carbons (Fsp3) is 0.316. The molecule has 1 aliphatic rings. The summed E-state index contributed by atoms with van der Waals surface area (Å²) >= 11 is 0. The van der Waals surface area contributed by atoms with E-state index in [9.17, 15) is 0 Å². The number of ether oxygens (including phenoxy) is 2. The van der Waals surface area contributed by atoms with Gasteiger partial charge in [0, 0.05) is 18.4 Å². The molecule has 4 rings (SSSR count). The monoisotopic (exact) mass is 392 g/mol. The Balaban J connectivity index is 1.62. The van der Waals surface area contributed by atoms with Crippen LogP contribution in [0.25, 0.3) is 11.3 Å². The van der Waals surface area contributed by atoms with Gasteiger partial charge in [-0.2, -0.15) is 10.4 Å². The van der Waals surface area contributed by atoms with Crippen molar-refractivity contribution in [3.05, 3.63) is 36.0 Å². The Labute approximate surface area is 167 Å². The lowest BCUT2D eigenvalue weighted by Gasteiger charge is -2.15. The number of aromatic amines is 1. The number of H-pyrrole nitrogens is 1. The molecule has 1 atom stereocenters. The minimum atomic E-state index is 0.214. The molecule has 0 bridgehead atoms. The lowest BCUT2D eigenvalue weighted by molar-refractivity contribution is 0.262. The maximum atomic E-state index is 8.82. The summed E-state index contributed by atoms with van der Waals surface area (Å²) in [5.41, 5.74) is 8.34. The van der Waals surface area contributed by atoms with Gasteiger partial charge in [-0.25, -0.2) is 9.97 Å². The van der Waals surface area contributed by atoms with Gasteiger partial charge in [0.1, 0.15) is 11.9 Å². The van der Waals surface area contributed by atoms with E-state index in [2.05, 4.69) is 30.5 Å². The molecule has 0 unspecified atom stereocenters. The Hall–Kier alpha value is -3.71. The average molecular weight is 392 g/mol. The molecule has 1 aliphatic heterocycles. The van der Waals surface area contributed by atoms with Crippen LogP contribution in [0.2, 0.25) is 0 Å². The number of nitrogens with two attached hydrogens (primary N) is 1. The molecule has 4 heterocycles. The first kappa shape index (κ1) is 18.6. The number of hydrogen-bond acceptors (Lipinski definition) is 9. The summed E-state index contributed by atoms with van der Waals surface area (Å²) in [4.78, 5) is 12.6. The van der Waals surface area contributed by atoms with Crippen molar-refractivity contribution in [2.45, 2.75) is 13.3 Å². The molecule has 148 valence electrons. The topological polar surface area (TPSA) is 148 Å². The lowest BCUT2D eigenvalue weighted by atomic mass is 10.1. The molecule has 3 aromatic heterocycles. The number of nitrogens with one attached hydrogen (secondary N) is 2. The van der Waals surface area contributed by atoms with Crippen molar-refractivity contribution in [2.75, 3.05) is 25.1 Å². The van der Waals surface area contributed by atoms with Crippen LogP contribution in [0.4, 0.5) is 11.6 Å². The Morgan fingerprint density at radius 2 is 2.21 bits per heavy atom. The molecule has 0 aromatic carbocycles. The maximum Gasteiger partial charge on any atom is 0.158 e. The molecule has 10 nitrogen and oxygen atoms in total. The third kappa shape index (κ3) is 3.95. The number of fused-ring (bicyclic) bond motifs is 1. The smallest absolute Gasteiger partial charge is 0.158 e. The molecule has 10 heteroatoms. The highest BCUT2D eigenvalue weighted by atomic mass is 16.5. The number of hydrogen-bond donors (Lipinski definition) is 3. The summed E-state index contributed by atoms with van der Waals surface area (Å²) in [6, 6.07) is 3.76. The van der Waals surface area contributed by atoms with Gasteiger partial charge in [0.15, 0.2) is 23.0 Å². The second kappa shape index (κ2) is 8.12. The molecule has 29 heavy (non-hydrogen) atoms. The molecule has 3 aromatic rings. The SMILES string of the molecule is C[C@@H](CN)COc1cnc2c(c1-c1cc(Nc3cnc(C#N)cn3)n[nH]1)OCC2.